The van der Waals surface area contributed by atoms with Gasteiger partial charge in [0.25, 0.3) is 0 Å². The zero-order valence-electron chi connectivity index (χ0n) is 35.2. The van der Waals surface area contributed by atoms with E-state index in [1.165, 1.54) is 7.11 Å². The van der Waals surface area contributed by atoms with Crippen molar-refractivity contribution in [3.63, 3.8) is 0 Å². The molecule has 4 aliphatic rings. The second kappa shape index (κ2) is 20.1. The highest BCUT2D eigenvalue weighted by atomic mass is 16.5. The molecule has 3 heterocycles. The molecule has 60 heavy (non-hydrogen) atoms. The van der Waals surface area contributed by atoms with Crippen LogP contribution in [0.5, 0.6) is 28.7 Å². The number of ether oxygens (including phenoxy) is 4. The van der Waals surface area contributed by atoms with Gasteiger partial charge in [-0.05, 0) is 118 Å². The third kappa shape index (κ3) is 10.4. The van der Waals surface area contributed by atoms with E-state index in [0.29, 0.717) is 55.9 Å². The van der Waals surface area contributed by atoms with Crippen LogP contribution >= 0.6 is 0 Å². The summed E-state index contributed by atoms with van der Waals surface area (Å²) in [5.41, 5.74) is 7.72. The summed E-state index contributed by atoms with van der Waals surface area (Å²) < 4.78 is 24.7. The fourth-order valence-corrected chi connectivity index (χ4v) is 10.5. The number of carboxylic acids is 1. The first-order valence-corrected chi connectivity index (χ1v) is 21.5. The average molecular weight is 839 g/mol. The summed E-state index contributed by atoms with van der Waals surface area (Å²) in [4.78, 5) is 12.9. The number of carbonyl (C=O) groups is 1. The number of phenols is 2. The molecule has 6 rings (SSSR count). The number of aliphatic hydroxyl groups is 3. The third-order valence-corrected chi connectivity index (χ3v) is 13.2. The maximum Gasteiger partial charge on any atom is 0.304 e. The molecule has 0 amide bonds. The predicted octanol–water partition coefficient (Wildman–Crippen LogP) is 4.11. The number of aliphatic hydroxyl groups excluding tert-OH is 3. The fraction of sp³-hybridized carbons (Fsp3) is 0.622. The van der Waals surface area contributed by atoms with Gasteiger partial charge in [-0.2, -0.15) is 0 Å². The van der Waals surface area contributed by atoms with Gasteiger partial charge in [-0.3, -0.25) is 10.1 Å². The number of piperidine rings is 1. The van der Waals surface area contributed by atoms with Gasteiger partial charge >= 0.3 is 5.97 Å². The highest BCUT2D eigenvalue weighted by molar-refractivity contribution is 5.68. The summed E-state index contributed by atoms with van der Waals surface area (Å²) in [6, 6.07) is 8.21. The first-order valence-electron chi connectivity index (χ1n) is 21.5. The monoisotopic (exact) mass is 838 g/mol. The molecule has 3 fully saturated rings. The molecule has 0 bridgehead atoms. The van der Waals surface area contributed by atoms with Gasteiger partial charge in [0.15, 0.2) is 23.0 Å². The topological polar surface area (TPSA) is 237 Å². The van der Waals surface area contributed by atoms with Gasteiger partial charge in [-0.15, -0.1) is 0 Å². The van der Waals surface area contributed by atoms with Gasteiger partial charge in [0, 0.05) is 43.1 Å². The van der Waals surface area contributed by atoms with E-state index in [0.717, 1.165) is 43.2 Å². The largest absolute Gasteiger partial charge is 0.504 e. The molecule has 3 aliphatic heterocycles. The number of aromatic hydroxyl groups is 2. The summed E-state index contributed by atoms with van der Waals surface area (Å²) in [7, 11) is 1.45. The van der Waals surface area contributed by atoms with Crippen molar-refractivity contribution < 1.29 is 54.4 Å². The van der Waals surface area contributed by atoms with Gasteiger partial charge in [0.1, 0.15) is 13.3 Å². The SMILES string of the molecule is COc1cc([C@H]2O[C@@H](CCc3ccc(O)c(OCNC[C@H](C)O)c3)C[C@H](O)[C@@H]2CCO)cc(OC[C@H]2N[C@@H](C)CC3(CCCC3)[C@]2(CC(=O)O)CC2=CCNC(N)=C2)c1O. The van der Waals surface area contributed by atoms with Crippen LogP contribution in [0.3, 0.4) is 0 Å². The Labute approximate surface area is 352 Å². The minimum Gasteiger partial charge on any atom is -0.504 e. The molecule has 15 nitrogen and oxygen atoms in total. The molecule has 1 saturated carbocycles. The molecule has 8 atom stereocenters. The van der Waals surface area contributed by atoms with Crippen LogP contribution in [-0.2, 0) is 16.0 Å². The molecule has 0 aromatic heterocycles. The Balaban J connectivity index is 1.25. The lowest BCUT2D eigenvalue weighted by atomic mass is 9.50. The standard InChI is InChI=1S/C45H66N4O11/c1-27-21-44(12-4-5-13-44)45(23-41(54)55,22-30-10-14-48-40(46)17-30)39(49-27)25-58-38-19-31(18-37(57-3)42(38)56)43-33(11-15-50)35(53)20-32(60-43)8-6-29-7-9-34(52)36(16-29)59-26-47-24-28(2)51/h7,9-10,16-19,27-28,32-33,35,39,43,47-53,56H,4-6,8,11-15,20-26,46H2,1-3H3,(H,54,55)/t27-,28-,32-,33-,35-,39+,43+,45-/m0/s1. The Morgan fingerprint density at radius 2 is 1.87 bits per heavy atom. The number of aliphatic carboxylic acids is 1. The molecule has 11 N–H and O–H groups in total. The van der Waals surface area contributed by atoms with E-state index in [1.807, 2.05) is 12.1 Å². The summed E-state index contributed by atoms with van der Waals surface area (Å²) in [6.07, 6.45) is 8.44. The molecule has 15 heteroatoms. The number of benzene rings is 2. The summed E-state index contributed by atoms with van der Waals surface area (Å²) in [5, 5.41) is 73.3. The van der Waals surface area contributed by atoms with E-state index < -0.39 is 41.7 Å². The Kier molecular flexibility index (Phi) is 15.2. The number of allylic oxidation sites excluding steroid dienone is 2. The van der Waals surface area contributed by atoms with Crippen molar-refractivity contribution in [2.45, 2.75) is 121 Å². The first-order chi connectivity index (χ1) is 28.8. The van der Waals surface area contributed by atoms with Gasteiger partial charge < -0.3 is 66.0 Å². The lowest BCUT2D eigenvalue weighted by Gasteiger charge is -2.58. The minimum atomic E-state index is -0.876. The number of phenolic OH excluding ortho intramolecular Hbond substituents is 2. The van der Waals surface area contributed by atoms with E-state index in [4.69, 9.17) is 24.7 Å². The second-order valence-electron chi connectivity index (χ2n) is 17.4. The predicted molar refractivity (Wildman–Crippen MR) is 225 cm³/mol. The highest BCUT2D eigenvalue weighted by Gasteiger charge is 2.60. The fourth-order valence-electron chi connectivity index (χ4n) is 10.5. The molecule has 2 aromatic carbocycles. The van der Waals surface area contributed by atoms with E-state index in [1.54, 1.807) is 31.2 Å². The number of dihydropyridines is 1. The highest BCUT2D eigenvalue weighted by Crippen LogP contribution is 2.62. The van der Waals surface area contributed by atoms with Crippen molar-refractivity contribution in [3.05, 3.63) is 65.0 Å². The van der Waals surface area contributed by atoms with Crippen molar-refractivity contribution in [3.8, 4) is 28.7 Å². The van der Waals surface area contributed by atoms with Crippen LogP contribution in [0.4, 0.5) is 0 Å². The number of nitrogens with two attached hydrogens (primary N) is 1. The van der Waals surface area contributed by atoms with E-state index in [2.05, 4.69) is 29.0 Å². The van der Waals surface area contributed by atoms with Crippen molar-refractivity contribution in [1.82, 2.24) is 16.0 Å². The van der Waals surface area contributed by atoms with Crippen LogP contribution in [0.1, 0.15) is 95.3 Å². The van der Waals surface area contributed by atoms with Crippen LogP contribution in [0.25, 0.3) is 0 Å². The maximum absolute atomic E-state index is 12.9. The van der Waals surface area contributed by atoms with E-state index >= 15 is 0 Å². The van der Waals surface area contributed by atoms with Crippen LogP contribution < -0.4 is 35.9 Å². The molecule has 1 aliphatic carbocycles. The third-order valence-electron chi connectivity index (χ3n) is 13.2. The Morgan fingerprint density at radius 1 is 1.10 bits per heavy atom. The number of hydrogen-bond acceptors (Lipinski definition) is 14. The molecule has 332 valence electrons. The number of methoxy groups -OCH3 is 1. The lowest BCUT2D eigenvalue weighted by molar-refractivity contribution is -0.148. The molecule has 0 radical (unpaired) electrons. The lowest BCUT2D eigenvalue weighted by Crippen LogP contribution is -2.65. The van der Waals surface area contributed by atoms with Crippen molar-refractivity contribution >= 4 is 5.97 Å². The zero-order valence-corrected chi connectivity index (χ0v) is 35.2. The van der Waals surface area contributed by atoms with Crippen molar-refractivity contribution in [2.75, 3.05) is 40.1 Å². The van der Waals surface area contributed by atoms with Crippen LogP contribution in [0.2, 0.25) is 0 Å². The number of rotatable bonds is 19. The van der Waals surface area contributed by atoms with Gasteiger partial charge in [-0.25, -0.2) is 0 Å². The zero-order chi connectivity index (χ0) is 43.0. The number of aryl methyl sites for hydroxylation is 1. The maximum atomic E-state index is 12.9. The van der Waals surface area contributed by atoms with E-state index in [9.17, 15) is 35.4 Å². The first kappa shape index (κ1) is 45.3. The number of nitrogens with one attached hydrogen (secondary N) is 3. The smallest absolute Gasteiger partial charge is 0.304 e. The summed E-state index contributed by atoms with van der Waals surface area (Å²) in [5.74, 6) is -0.414. The van der Waals surface area contributed by atoms with Crippen molar-refractivity contribution in [1.29, 1.82) is 0 Å². The Hall–Kier alpha value is -4.25. The van der Waals surface area contributed by atoms with Gasteiger partial charge in [0.2, 0.25) is 5.75 Å². The van der Waals surface area contributed by atoms with Gasteiger partial charge in [0.05, 0.1) is 43.8 Å². The number of carboxylic acid groups (broad SMARTS) is 1. The minimum absolute atomic E-state index is 0.00551. The molecular weight excluding hydrogens is 773 g/mol. The normalized spacial score (nSPS) is 28.0. The molecular formula is C45H66N4O11. The quantitative estimate of drug-likeness (QED) is 0.0708. The molecule has 2 aromatic rings. The Morgan fingerprint density at radius 3 is 2.57 bits per heavy atom. The number of hydrogen-bond donors (Lipinski definition) is 10. The van der Waals surface area contributed by atoms with Gasteiger partial charge in [-0.1, -0.05) is 25.0 Å². The van der Waals surface area contributed by atoms with Crippen LogP contribution in [0.15, 0.2) is 53.9 Å². The molecule has 0 unspecified atom stereocenters. The summed E-state index contributed by atoms with van der Waals surface area (Å²) in [6.45, 7) is 4.71. The molecule has 2 saturated heterocycles. The average Bonchev–Trinajstić information content (AvgIpc) is 3.67. The Bertz CT molecular complexity index is 1830. The van der Waals surface area contributed by atoms with Crippen LogP contribution in [0, 0.1) is 16.7 Å². The van der Waals surface area contributed by atoms with Crippen molar-refractivity contribution in [2.24, 2.45) is 22.5 Å². The second-order valence-corrected chi connectivity index (χ2v) is 17.4. The molecule has 1 spiro atoms. The summed E-state index contributed by atoms with van der Waals surface area (Å²) >= 11 is 0. The van der Waals surface area contributed by atoms with E-state index in [-0.39, 0.29) is 73.3 Å². The van der Waals surface area contributed by atoms with Crippen LogP contribution in [-0.4, -0.2) is 107 Å².